The van der Waals surface area contributed by atoms with Crippen LogP contribution in [0.25, 0.3) is 0 Å². The number of benzene rings is 2. The molecule has 1 saturated heterocycles. The maximum absolute atomic E-state index is 13.9. The Bertz CT molecular complexity index is 1110. The molecule has 202 valence electrons. The molecule has 0 N–H and O–H groups in total. The van der Waals surface area contributed by atoms with Crippen molar-refractivity contribution in [2.45, 2.75) is 38.1 Å². The molecule has 0 unspecified atom stereocenters. The van der Waals surface area contributed by atoms with Crippen molar-refractivity contribution < 1.29 is 19.1 Å². The Kier molecular flexibility index (Phi) is 8.71. The van der Waals surface area contributed by atoms with Gasteiger partial charge in [-0.2, -0.15) is 5.10 Å². The highest BCUT2D eigenvalue weighted by Crippen LogP contribution is 2.33. The highest BCUT2D eigenvalue weighted by molar-refractivity contribution is 6.03. The van der Waals surface area contributed by atoms with Crippen molar-refractivity contribution in [2.75, 3.05) is 53.0 Å². The Morgan fingerprint density at radius 1 is 1.03 bits per heavy atom. The van der Waals surface area contributed by atoms with E-state index in [1.54, 1.807) is 17.0 Å². The Morgan fingerprint density at radius 3 is 2.42 bits per heavy atom. The van der Waals surface area contributed by atoms with Crippen LogP contribution in [-0.4, -0.2) is 85.4 Å². The third kappa shape index (κ3) is 6.25. The van der Waals surface area contributed by atoms with E-state index >= 15 is 0 Å². The van der Waals surface area contributed by atoms with Crippen LogP contribution in [0.2, 0.25) is 0 Å². The molecule has 8 heteroatoms. The van der Waals surface area contributed by atoms with E-state index in [0.29, 0.717) is 26.2 Å². The minimum absolute atomic E-state index is 0.0225. The van der Waals surface area contributed by atoms with Crippen LogP contribution in [0.15, 0.2) is 59.7 Å². The van der Waals surface area contributed by atoms with Gasteiger partial charge in [0.15, 0.2) is 0 Å². The molecule has 38 heavy (non-hydrogen) atoms. The largest absolute Gasteiger partial charge is 0.497 e. The number of hydrogen-bond donors (Lipinski definition) is 0. The molecule has 2 fully saturated rings. The number of hydrazone groups is 1. The summed E-state index contributed by atoms with van der Waals surface area (Å²) in [5, 5.41) is 6.44. The number of amides is 2. The third-order valence-electron chi connectivity index (χ3n) is 7.91. The molecule has 0 radical (unpaired) electrons. The van der Waals surface area contributed by atoms with Crippen molar-refractivity contribution in [1.29, 1.82) is 0 Å². The lowest BCUT2D eigenvalue weighted by Gasteiger charge is -2.32. The lowest BCUT2D eigenvalue weighted by molar-refractivity contribution is -0.144. The van der Waals surface area contributed by atoms with Crippen LogP contribution in [0, 0.1) is 5.92 Å². The Hall–Kier alpha value is -3.23. The van der Waals surface area contributed by atoms with Gasteiger partial charge in [0.05, 0.1) is 32.1 Å². The summed E-state index contributed by atoms with van der Waals surface area (Å²) >= 11 is 0. The summed E-state index contributed by atoms with van der Waals surface area (Å²) in [6.07, 6.45) is 4.61. The summed E-state index contributed by atoms with van der Waals surface area (Å²) in [4.78, 5) is 31.5. The summed E-state index contributed by atoms with van der Waals surface area (Å²) < 4.78 is 10.8. The van der Waals surface area contributed by atoms with Crippen molar-refractivity contribution in [3.63, 3.8) is 0 Å². The molecule has 8 nitrogen and oxygen atoms in total. The molecule has 2 aromatic carbocycles. The third-order valence-corrected chi connectivity index (χ3v) is 7.91. The van der Waals surface area contributed by atoms with Gasteiger partial charge >= 0.3 is 0 Å². The fourth-order valence-corrected chi connectivity index (χ4v) is 5.65. The maximum Gasteiger partial charge on any atom is 0.262 e. The van der Waals surface area contributed by atoms with E-state index in [1.165, 1.54) is 0 Å². The topological polar surface area (TPSA) is 74.7 Å². The molecule has 1 saturated carbocycles. The van der Waals surface area contributed by atoms with Gasteiger partial charge in [-0.05, 0) is 48.2 Å². The molecular formula is C30H38N4O4. The van der Waals surface area contributed by atoms with E-state index in [9.17, 15) is 9.59 Å². The summed E-state index contributed by atoms with van der Waals surface area (Å²) in [7, 11) is 1.64. The van der Waals surface area contributed by atoms with E-state index in [4.69, 9.17) is 14.6 Å². The van der Waals surface area contributed by atoms with Gasteiger partial charge in [0.25, 0.3) is 5.91 Å². The van der Waals surface area contributed by atoms with Crippen molar-refractivity contribution in [3.8, 4) is 5.75 Å². The first-order valence-electron chi connectivity index (χ1n) is 13.8. The number of carbonyl (C=O) groups is 2. The average molecular weight is 519 g/mol. The molecule has 2 heterocycles. The summed E-state index contributed by atoms with van der Waals surface area (Å²) in [5.74, 6) is 0.769. The zero-order valence-corrected chi connectivity index (χ0v) is 22.3. The van der Waals surface area contributed by atoms with Crippen LogP contribution >= 0.6 is 0 Å². The van der Waals surface area contributed by atoms with Gasteiger partial charge in [-0.1, -0.05) is 43.2 Å². The van der Waals surface area contributed by atoms with Gasteiger partial charge in [0.2, 0.25) is 5.91 Å². The zero-order chi connectivity index (χ0) is 26.3. The summed E-state index contributed by atoms with van der Waals surface area (Å²) in [5.41, 5.74) is 2.86. The van der Waals surface area contributed by atoms with Crippen LogP contribution in [0.1, 0.15) is 49.3 Å². The van der Waals surface area contributed by atoms with Crippen LogP contribution in [0.5, 0.6) is 5.75 Å². The first-order valence-corrected chi connectivity index (χ1v) is 13.8. The Balaban J connectivity index is 1.36. The monoisotopic (exact) mass is 518 g/mol. The highest BCUT2D eigenvalue weighted by atomic mass is 16.5. The van der Waals surface area contributed by atoms with Crippen molar-refractivity contribution in [3.05, 3.63) is 65.7 Å². The second-order valence-electron chi connectivity index (χ2n) is 10.3. The van der Waals surface area contributed by atoms with Gasteiger partial charge in [-0.15, -0.1) is 0 Å². The lowest BCUT2D eigenvalue weighted by Crippen LogP contribution is -2.47. The smallest absolute Gasteiger partial charge is 0.262 e. The van der Waals surface area contributed by atoms with Crippen molar-refractivity contribution in [2.24, 2.45) is 11.0 Å². The Morgan fingerprint density at radius 2 is 1.74 bits per heavy atom. The van der Waals surface area contributed by atoms with Crippen LogP contribution < -0.4 is 4.74 Å². The number of ether oxygens (including phenoxy) is 2. The first kappa shape index (κ1) is 26.4. The SMILES string of the molecule is COc1ccc(C2=NN(C(=O)CN(CCN3CCOCC3)C(=O)C3CCCC3)[C@H](c3ccccc3)C2)cc1. The minimum Gasteiger partial charge on any atom is -0.497 e. The quantitative estimate of drug-likeness (QED) is 0.506. The van der Waals surface area contributed by atoms with Crippen LogP contribution in [0.3, 0.4) is 0 Å². The van der Waals surface area contributed by atoms with E-state index in [0.717, 1.165) is 67.9 Å². The fraction of sp³-hybridized carbons (Fsp3) is 0.500. The average Bonchev–Trinajstić information content (AvgIpc) is 3.67. The second-order valence-corrected chi connectivity index (χ2v) is 10.3. The Labute approximate surface area is 225 Å². The maximum atomic E-state index is 13.9. The molecule has 1 atom stereocenters. The van der Waals surface area contributed by atoms with Crippen molar-refractivity contribution in [1.82, 2.24) is 14.8 Å². The minimum atomic E-state index is -0.205. The molecule has 2 amide bonds. The van der Waals surface area contributed by atoms with Crippen LogP contribution in [-0.2, 0) is 14.3 Å². The van der Waals surface area contributed by atoms with Gasteiger partial charge < -0.3 is 14.4 Å². The van der Waals surface area contributed by atoms with E-state index in [-0.39, 0.29) is 30.3 Å². The number of carbonyl (C=O) groups excluding carboxylic acids is 2. The number of rotatable bonds is 9. The standard InChI is InChI=1S/C30H38N4O4/c1-37-26-13-11-23(12-14-26)27-21-28(24-7-3-2-4-8-24)34(31-27)29(35)22-33(30(36)25-9-5-6-10-25)16-15-32-17-19-38-20-18-32/h2-4,7-8,11-14,25,28H,5-6,9-10,15-22H2,1H3/t28-/m0/s1. The molecule has 0 aromatic heterocycles. The molecule has 0 spiro atoms. The molecule has 2 aromatic rings. The normalized spacial score (nSPS) is 20.4. The van der Waals surface area contributed by atoms with Gasteiger partial charge in [0.1, 0.15) is 12.3 Å². The molecule has 3 aliphatic rings. The van der Waals surface area contributed by atoms with E-state index < -0.39 is 0 Å². The van der Waals surface area contributed by atoms with Crippen molar-refractivity contribution >= 4 is 17.5 Å². The number of hydrogen-bond acceptors (Lipinski definition) is 6. The summed E-state index contributed by atoms with van der Waals surface area (Å²) in [6, 6.07) is 17.6. The number of nitrogens with zero attached hydrogens (tertiary/aromatic N) is 4. The van der Waals surface area contributed by atoms with E-state index in [2.05, 4.69) is 4.90 Å². The first-order chi connectivity index (χ1) is 18.6. The fourth-order valence-electron chi connectivity index (χ4n) is 5.65. The molecular weight excluding hydrogens is 480 g/mol. The van der Waals surface area contributed by atoms with Gasteiger partial charge in [0, 0.05) is 38.5 Å². The number of methoxy groups -OCH3 is 1. The van der Waals surface area contributed by atoms with Gasteiger partial charge in [-0.3, -0.25) is 14.5 Å². The summed E-state index contributed by atoms with van der Waals surface area (Å²) in [6.45, 7) is 4.48. The molecule has 1 aliphatic carbocycles. The predicted molar refractivity (Wildman–Crippen MR) is 146 cm³/mol. The lowest BCUT2D eigenvalue weighted by atomic mass is 9.98. The van der Waals surface area contributed by atoms with E-state index in [1.807, 2.05) is 54.6 Å². The molecule has 5 rings (SSSR count). The molecule has 2 aliphatic heterocycles. The van der Waals surface area contributed by atoms with Gasteiger partial charge in [-0.25, -0.2) is 5.01 Å². The highest BCUT2D eigenvalue weighted by Gasteiger charge is 2.36. The zero-order valence-electron chi connectivity index (χ0n) is 22.3. The number of morpholine rings is 1. The second kappa shape index (κ2) is 12.5. The van der Waals surface area contributed by atoms with Crippen LogP contribution in [0.4, 0.5) is 0 Å². The molecule has 0 bridgehead atoms. The predicted octanol–water partition coefficient (Wildman–Crippen LogP) is 3.72.